The Morgan fingerprint density at radius 2 is 2.00 bits per heavy atom. The van der Waals surface area contributed by atoms with E-state index in [2.05, 4.69) is 9.98 Å². The average Bonchev–Trinajstić information content (AvgIpc) is 3.10. The Bertz CT molecular complexity index is 910. The Labute approximate surface area is 169 Å². The largest absolute Gasteiger partial charge is 0.481 e. The van der Waals surface area contributed by atoms with Crippen molar-refractivity contribution in [1.82, 2.24) is 4.98 Å². The molecule has 6 nitrogen and oxygen atoms in total. The number of fused-ring (bicyclic) bond motifs is 1. The first-order chi connectivity index (χ1) is 13.9. The second-order valence-corrected chi connectivity index (χ2v) is 7.16. The molecule has 0 saturated carbocycles. The van der Waals surface area contributed by atoms with Crippen LogP contribution < -0.4 is 0 Å². The van der Waals surface area contributed by atoms with Crippen LogP contribution in [0.5, 0.6) is 0 Å². The number of hydrogen-bond donors (Lipinski definition) is 1. The predicted octanol–water partition coefficient (Wildman–Crippen LogP) is 3.11. The number of pyridine rings is 1. The van der Waals surface area contributed by atoms with E-state index in [0.717, 1.165) is 11.1 Å². The molecular formula is C22H25FN2O4. The van der Waals surface area contributed by atoms with E-state index in [1.807, 2.05) is 6.07 Å². The molecule has 1 aliphatic rings. The normalized spacial score (nSPS) is 14.9. The van der Waals surface area contributed by atoms with Crippen molar-refractivity contribution in [3.63, 3.8) is 0 Å². The lowest BCUT2D eigenvalue weighted by Gasteiger charge is -2.17. The number of methoxy groups -OCH3 is 2. The molecule has 0 aliphatic carbocycles. The highest BCUT2D eigenvalue weighted by Gasteiger charge is 2.26. The number of aliphatic hydroxyl groups is 1. The van der Waals surface area contributed by atoms with Crippen LogP contribution >= 0.6 is 0 Å². The van der Waals surface area contributed by atoms with Gasteiger partial charge in [-0.2, -0.15) is 0 Å². The van der Waals surface area contributed by atoms with Crippen molar-refractivity contribution in [3.8, 4) is 0 Å². The molecule has 1 aromatic heterocycles. The molecular weight excluding hydrogens is 375 g/mol. The number of aliphatic hydroxyl groups excluding tert-OH is 1. The van der Waals surface area contributed by atoms with Gasteiger partial charge >= 0.3 is 0 Å². The topological polar surface area (TPSA) is 81.0 Å². The standard InChI is InChI=1S/C22H25FN2O4/c1-13(26)21-20-15(11-24-22(20)29-3)8-18(25-21)10-19(27)9-16(12-28-2)14-4-6-17(23)7-5-14/h4-8,13,16,26H,9-12H2,1-3H3/t13-,16+/m0/s1. The lowest BCUT2D eigenvalue weighted by atomic mass is 9.92. The fourth-order valence-corrected chi connectivity index (χ4v) is 3.61. The van der Waals surface area contributed by atoms with Gasteiger partial charge in [0.2, 0.25) is 5.90 Å². The fraction of sp³-hybridized carbons (Fsp3) is 0.409. The van der Waals surface area contributed by atoms with Gasteiger partial charge in [0.25, 0.3) is 0 Å². The van der Waals surface area contributed by atoms with Crippen molar-refractivity contribution in [2.24, 2.45) is 4.99 Å². The van der Waals surface area contributed by atoms with E-state index in [-0.39, 0.29) is 30.4 Å². The highest BCUT2D eigenvalue weighted by molar-refractivity contribution is 5.99. The number of benzene rings is 1. The van der Waals surface area contributed by atoms with Gasteiger partial charge in [-0.15, -0.1) is 0 Å². The number of halogens is 1. The van der Waals surface area contributed by atoms with E-state index in [9.17, 15) is 14.3 Å². The monoisotopic (exact) mass is 400 g/mol. The maximum Gasteiger partial charge on any atom is 0.218 e. The third kappa shape index (κ3) is 4.86. The number of carbonyl (C=O) groups is 1. The molecule has 1 aliphatic heterocycles. The average molecular weight is 400 g/mol. The van der Waals surface area contributed by atoms with Gasteiger partial charge in [-0.1, -0.05) is 12.1 Å². The van der Waals surface area contributed by atoms with Gasteiger partial charge in [0.15, 0.2) is 0 Å². The predicted molar refractivity (Wildman–Crippen MR) is 106 cm³/mol. The third-order valence-corrected chi connectivity index (χ3v) is 4.94. The van der Waals surface area contributed by atoms with Crippen molar-refractivity contribution >= 4 is 11.7 Å². The van der Waals surface area contributed by atoms with Crippen LogP contribution in [-0.4, -0.2) is 42.6 Å². The summed E-state index contributed by atoms with van der Waals surface area (Å²) in [5, 5.41) is 10.1. The van der Waals surface area contributed by atoms with Gasteiger partial charge in [-0.05, 0) is 36.2 Å². The van der Waals surface area contributed by atoms with Crippen molar-refractivity contribution in [2.45, 2.75) is 38.3 Å². The van der Waals surface area contributed by atoms with Gasteiger partial charge in [0.1, 0.15) is 11.6 Å². The summed E-state index contributed by atoms with van der Waals surface area (Å²) in [6.07, 6.45) is -0.420. The van der Waals surface area contributed by atoms with Gasteiger partial charge in [-0.3, -0.25) is 9.78 Å². The van der Waals surface area contributed by atoms with Crippen LogP contribution in [0.2, 0.25) is 0 Å². The Morgan fingerprint density at radius 3 is 2.62 bits per heavy atom. The molecule has 0 fully saturated rings. The first kappa shape index (κ1) is 21.1. The highest BCUT2D eigenvalue weighted by Crippen LogP contribution is 2.28. The zero-order valence-electron chi connectivity index (χ0n) is 16.8. The molecule has 0 spiro atoms. The smallest absolute Gasteiger partial charge is 0.218 e. The summed E-state index contributed by atoms with van der Waals surface area (Å²) in [6, 6.07) is 7.96. The molecule has 0 saturated heterocycles. The Kier molecular flexibility index (Phi) is 6.71. The number of ether oxygens (including phenoxy) is 2. The summed E-state index contributed by atoms with van der Waals surface area (Å²) in [6.45, 7) is 2.42. The summed E-state index contributed by atoms with van der Waals surface area (Å²) >= 11 is 0. The minimum atomic E-state index is -0.808. The number of aliphatic imine (C=N–C) groups is 1. The van der Waals surface area contributed by atoms with Crippen molar-refractivity contribution < 1.29 is 23.8 Å². The lowest BCUT2D eigenvalue weighted by Crippen LogP contribution is -2.16. The first-order valence-electron chi connectivity index (χ1n) is 9.48. The second kappa shape index (κ2) is 9.24. The van der Waals surface area contributed by atoms with Crippen LogP contribution in [0, 0.1) is 5.82 Å². The summed E-state index contributed by atoms with van der Waals surface area (Å²) in [4.78, 5) is 21.6. The quantitative estimate of drug-likeness (QED) is 0.736. The van der Waals surface area contributed by atoms with Crippen LogP contribution in [0.4, 0.5) is 4.39 Å². The first-order valence-corrected chi connectivity index (χ1v) is 9.48. The molecule has 3 rings (SSSR count). The second-order valence-electron chi connectivity index (χ2n) is 7.16. The zero-order valence-corrected chi connectivity index (χ0v) is 16.8. The maximum absolute atomic E-state index is 13.2. The molecule has 154 valence electrons. The SMILES string of the molecule is COC[C@@H](CC(=O)Cc1cc2c(c([C@H](C)O)n1)C(OC)=NC2)c1ccc(F)cc1. The van der Waals surface area contributed by atoms with Crippen LogP contribution in [0.3, 0.4) is 0 Å². The number of Topliss-reactive ketones (excluding diaryl/α,β-unsaturated/α-hetero) is 1. The van der Waals surface area contributed by atoms with Crippen LogP contribution in [-0.2, 0) is 27.2 Å². The molecule has 1 N–H and O–H groups in total. The van der Waals surface area contributed by atoms with E-state index in [1.165, 1.54) is 19.2 Å². The molecule has 0 bridgehead atoms. The van der Waals surface area contributed by atoms with Gasteiger partial charge in [0.05, 0.1) is 37.6 Å². The number of rotatable bonds is 8. The van der Waals surface area contributed by atoms with E-state index < -0.39 is 6.10 Å². The van der Waals surface area contributed by atoms with Crippen LogP contribution in [0.1, 0.15) is 53.4 Å². The molecule has 0 amide bonds. The molecule has 2 aromatic rings. The molecule has 29 heavy (non-hydrogen) atoms. The van der Waals surface area contributed by atoms with E-state index >= 15 is 0 Å². The minimum Gasteiger partial charge on any atom is -0.481 e. The highest BCUT2D eigenvalue weighted by atomic mass is 19.1. The van der Waals surface area contributed by atoms with Crippen molar-refractivity contribution in [2.75, 3.05) is 20.8 Å². The molecule has 2 atom stereocenters. The Balaban J connectivity index is 1.78. The van der Waals surface area contributed by atoms with Crippen molar-refractivity contribution in [1.29, 1.82) is 0 Å². The van der Waals surface area contributed by atoms with Gasteiger partial charge in [-0.25, -0.2) is 9.38 Å². The number of ketones is 1. The molecule has 0 radical (unpaired) electrons. The Hall–Kier alpha value is -2.64. The number of aromatic nitrogens is 1. The van der Waals surface area contributed by atoms with Gasteiger partial charge < -0.3 is 14.6 Å². The molecule has 0 unspecified atom stereocenters. The van der Waals surface area contributed by atoms with E-state index in [0.29, 0.717) is 36.0 Å². The summed E-state index contributed by atoms with van der Waals surface area (Å²) in [5.41, 5.74) is 3.51. The molecule has 7 heteroatoms. The minimum absolute atomic E-state index is 0.00810. The van der Waals surface area contributed by atoms with Crippen molar-refractivity contribution in [3.05, 3.63) is 64.2 Å². The molecule has 1 aromatic carbocycles. The third-order valence-electron chi connectivity index (χ3n) is 4.94. The lowest BCUT2D eigenvalue weighted by molar-refractivity contribution is -0.119. The van der Waals surface area contributed by atoms with Crippen LogP contribution in [0.25, 0.3) is 0 Å². The summed E-state index contributed by atoms with van der Waals surface area (Å²) in [5.74, 6) is -0.0342. The summed E-state index contributed by atoms with van der Waals surface area (Å²) < 4.78 is 23.7. The Morgan fingerprint density at radius 1 is 1.28 bits per heavy atom. The number of hydrogen-bond acceptors (Lipinski definition) is 6. The van der Waals surface area contributed by atoms with Gasteiger partial charge in [0, 0.05) is 31.6 Å². The fourth-order valence-electron chi connectivity index (χ4n) is 3.61. The number of carbonyl (C=O) groups excluding carboxylic acids is 1. The molecule has 2 heterocycles. The van der Waals surface area contributed by atoms with E-state index in [4.69, 9.17) is 9.47 Å². The number of nitrogens with zero attached hydrogens (tertiary/aromatic N) is 2. The summed E-state index contributed by atoms with van der Waals surface area (Å²) in [7, 11) is 3.11. The maximum atomic E-state index is 13.2. The van der Waals surface area contributed by atoms with E-state index in [1.54, 1.807) is 26.2 Å². The van der Waals surface area contributed by atoms with Crippen LogP contribution in [0.15, 0.2) is 35.3 Å². The zero-order chi connectivity index (χ0) is 21.0.